The molecule has 9 heteroatoms. The maximum absolute atomic E-state index is 12.9. The van der Waals surface area contributed by atoms with Gasteiger partial charge in [-0.15, -0.1) is 0 Å². The van der Waals surface area contributed by atoms with Gasteiger partial charge in [0.05, 0.1) is 25.4 Å². The molecule has 336 valence electrons. The lowest BCUT2D eigenvalue weighted by atomic mass is 9.99. The highest BCUT2D eigenvalue weighted by atomic mass is 16.7. The van der Waals surface area contributed by atoms with Crippen LogP contribution >= 0.6 is 0 Å². The van der Waals surface area contributed by atoms with Crippen LogP contribution in [-0.2, 0) is 14.3 Å². The molecule has 0 radical (unpaired) electrons. The lowest BCUT2D eigenvalue weighted by Crippen LogP contribution is -2.60. The van der Waals surface area contributed by atoms with E-state index in [1.807, 2.05) is 18.2 Å². The molecule has 1 fully saturated rings. The Morgan fingerprint density at radius 3 is 1.59 bits per heavy atom. The lowest BCUT2D eigenvalue weighted by molar-refractivity contribution is -0.302. The number of hydrogen-bond donors (Lipinski definition) is 6. The van der Waals surface area contributed by atoms with Gasteiger partial charge in [0.15, 0.2) is 6.29 Å². The minimum atomic E-state index is -1.60. The number of amides is 1. The molecule has 1 saturated heterocycles. The maximum Gasteiger partial charge on any atom is 0.224 e. The Labute approximate surface area is 358 Å². The number of rotatable bonds is 36. The Balaban J connectivity index is 2.46. The quantitative estimate of drug-likeness (QED) is 0.0270. The van der Waals surface area contributed by atoms with Gasteiger partial charge >= 0.3 is 0 Å². The van der Waals surface area contributed by atoms with Gasteiger partial charge in [-0.25, -0.2) is 0 Å². The van der Waals surface area contributed by atoms with Crippen LogP contribution in [0.1, 0.15) is 155 Å². The third kappa shape index (κ3) is 29.9. The van der Waals surface area contributed by atoms with Crippen LogP contribution in [0.5, 0.6) is 0 Å². The molecule has 6 N–H and O–H groups in total. The molecule has 0 bridgehead atoms. The molecule has 0 aliphatic carbocycles. The van der Waals surface area contributed by atoms with Gasteiger partial charge in [-0.3, -0.25) is 4.79 Å². The van der Waals surface area contributed by atoms with Crippen LogP contribution in [0.25, 0.3) is 0 Å². The van der Waals surface area contributed by atoms with E-state index in [1.54, 1.807) is 12.2 Å². The summed E-state index contributed by atoms with van der Waals surface area (Å²) in [4.78, 5) is 12.9. The van der Waals surface area contributed by atoms with Crippen LogP contribution in [0.4, 0.5) is 0 Å². The normalized spacial score (nSPS) is 21.6. The van der Waals surface area contributed by atoms with Crippen LogP contribution in [0.15, 0.2) is 97.2 Å². The van der Waals surface area contributed by atoms with Gasteiger partial charge in [-0.1, -0.05) is 175 Å². The van der Waals surface area contributed by atoms with E-state index in [0.29, 0.717) is 12.8 Å². The molecule has 1 rings (SSSR count). The van der Waals surface area contributed by atoms with E-state index in [1.165, 1.54) is 70.6 Å². The zero-order chi connectivity index (χ0) is 43.0. The first-order chi connectivity index (χ1) is 28.8. The van der Waals surface area contributed by atoms with Gasteiger partial charge in [0.2, 0.25) is 5.91 Å². The second-order valence-corrected chi connectivity index (χ2v) is 15.5. The highest BCUT2D eigenvalue weighted by Gasteiger charge is 2.44. The molecule has 9 nitrogen and oxygen atoms in total. The monoisotopic (exact) mass is 826 g/mol. The van der Waals surface area contributed by atoms with E-state index in [4.69, 9.17) is 9.47 Å². The number of allylic oxidation sites excluding steroid dienone is 14. The van der Waals surface area contributed by atoms with Crippen LogP contribution in [0.2, 0.25) is 0 Å². The summed E-state index contributed by atoms with van der Waals surface area (Å²) in [5.74, 6) is -0.322. The first kappa shape index (κ1) is 54.1. The average Bonchev–Trinajstić information content (AvgIpc) is 3.23. The van der Waals surface area contributed by atoms with Gasteiger partial charge in [0, 0.05) is 6.42 Å². The standard InChI is InChI=1S/C50H83NO8/c1-3-5-7-9-11-13-15-17-19-20-21-22-23-24-26-27-29-31-33-35-37-39-44(53)43(42-58-50-49(57)48(56)47(55)45(41-52)59-50)51-46(54)40-38-36-34-32-30-28-25-18-16-14-12-10-8-6-4-2/h6,8,12,14,18,23-25,29-32,36-39,43-45,47-50,52-53,55-57H,3-5,7,9-11,13,15-17,19-22,26-28,33-35,40-42H2,1-2H3,(H,51,54)/b8-6-,14-12-,24-23+,25-18-,31-29+,32-30-,38-36-,39-37+. The number of ether oxygens (including phenoxy) is 2. The zero-order valence-electron chi connectivity index (χ0n) is 36.7. The number of hydrogen-bond acceptors (Lipinski definition) is 8. The van der Waals surface area contributed by atoms with Gasteiger partial charge in [-0.05, 0) is 70.6 Å². The molecule has 0 aromatic heterocycles. The topological polar surface area (TPSA) is 149 Å². The Morgan fingerprint density at radius 2 is 1.07 bits per heavy atom. The van der Waals surface area contributed by atoms with Gasteiger partial charge in [-0.2, -0.15) is 0 Å². The van der Waals surface area contributed by atoms with Crippen molar-refractivity contribution in [3.63, 3.8) is 0 Å². The molecule has 59 heavy (non-hydrogen) atoms. The molecular weight excluding hydrogens is 743 g/mol. The lowest BCUT2D eigenvalue weighted by Gasteiger charge is -2.40. The molecule has 1 aliphatic heterocycles. The summed E-state index contributed by atoms with van der Waals surface area (Å²) < 4.78 is 11.1. The predicted molar refractivity (Wildman–Crippen MR) is 244 cm³/mol. The van der Waals surface area contributed by atoms with E-state index in [0.717, 1.165) is 51.4 Å². The first-order valence-corrected chi connectivity index (χ1v) is 23.0. The Morgan fingerprint density at radius 1 is 0.593 bits per heavy atom. The van der Waals surface area contributed by atoms with Gasteiger partial charge < -0.3 is 40.3 Å². The Hall–Kier alpha value is -2.89. The minimum absolute atomic E-state index is 0.0971. The van der Waals surface area contributed by atoms with E-state index >= 15 is 0 Å². The number of nitrogens with one attached hydrogen (secondary N) is 1. The molecule has 0 aromatic rings. The van der Waals surface area contributed by atoms with Crippen molar-refractivity contribution < 1.29 is 39.8 Å². The van der Waals surface area contributed by atoms with E-state index in [9.17, 15) is 30.3 Å². The minimum Gasteiger partial charge on any atom is -0.394 e. The van der Waals surface area contributed by atoms with Crippen molar-refractivity contribution in [2.24, 2.45) is 0 Å². The third-order valence-electron chi connectivity index (χ3n) is 10.1. The molecule has 0 aromatic carbocycles. The number of aliphatic hydroxyl groups is 5. The van der Waals surface area contributed by atoms with E-state index in [-0.39, 0.29) is 18.9 Å². The van der Waals surface area contributed by atoms with Crippen molar-refractivity contribution in [3.05, 3.63) is 97.2 Å². The fraction of sp³-hybridized carbons (Fsp3) is 0.660. The fourth-order valence-electron chi connectivity index (χ4n) is 6.49. The van der Waals surface area contributed by atoms with Gasteiger partial charge in [0.25, 0.3) is 0 Å². The highest BCUT2D eigenvalue weighted by molar-refractivity contribution is 5.77. The largest absolute Gasteiger partial charge is 0.394 e. The second-order valence-electron chi connectivity index (χ2n) is 15.5. The zero-order valence-corrected chi connectivity index (χ0v) is 36.7. The van der Waals surface area contributed by atoms with Crippen LogP contribution in [0.3, 0.4) is 0 Å². The Kier molecular flexibility index (Phi) is 36.0. The average molecular weight is 826 g/mol. The van der Waals surface area contributed by atoms with Crippen molar-refractivity contribution in [2.45, 2.75) is 198 Å². The van der Waals surface area contributed by atoms with Gasteiger partial charge in [0.1, 0.15) is 24.4 Å². The number of unbranched alkanes of at least 4 members (excludes halogenated alkanes) is 13. The molecule has 1 aliphatic rings. The van der Waals surface area contributed by atoms with Crippen LogP contribution in [-0.4, -0.2) is 87.5 Å². The summed E-state index contributed by atoms with van der Waals surface area (Å²) in [7, 11) is 0. The SMILES string of the molecule is CC/C=C\C/C=C\C/C=C\C/C=C\C/C=C\CC(=O)NC(COC1OC(CO)C(O)C(O)C1O)C(O)/C=C/CC/C=C/CC/C=C/CCCCCCCCCCCCC. The van der Waals surface area contributed by atoms with E-state index in [2.05, 4.69) is 86.0 Å². The van der Waals surface area contributed by atoms with Crippen molar-refractivity contribution >= 4 is 5.91 Å². The molecule has 0 spiro atoms. The molecule has 7 atom stereocenters. The molecule has 7 unspecified atom stereocenters. The fourth-order valence-corrected chi connectivity index (χ4v) is 6.49. The molecule has 1 heterocycles. The number of carbonyl (C=O) groups excluding carboxylic acids is 1. The van der Waals surface area contributed by atoms with Crippen LogP contribution < -0.4 is 5.32 Å². The van der Waals surface area contributed by atoms with Crippen molar-refractivity contribution in [1.82, 2.24) is 5.32 Å². The number of aliphatic hydroxyl groups excluding tert-OH is 5. The molecule has 1 amide bonds. The number of carbonyl (C=O) groups is 1. The van der Waals surface area contributed by atoms with Crippen molar-refractivity contribution in [3.8, 4) is 0 Å². The molecule has 0 saturated carbocycles. The summed E-state index contributed by atoms with van der Waals surface area (Å²) in [6.45, 7) is 3.55. The summed E-state index contributed by atoms with van der Waals surface area (Å²) in [5.41, 5.74) is 0. The second kappa shape index (κ2) is 39.3. The third-order valence-corrected chi connectivity index (χ3v) is 10.1. The summed E-state index contributed by atoms with van der Waals surface area (Å²) >= 11 is 0. The first-order valence-electron chi connectivity index (χ1n) is 23.0. The summed E-state index contributed by atoms with van der Waals surface area (Å²) in [5, 5.41) is 54.0. The summed E-state index contributed by atoms with van der Waals surface area (Å²) in [6.07, 6.45) is 49.1. The maximum atomic E-state index is 12.9. The summed E-state index contributed by atoms with van der Waals surface area (Å²) in [6, 6.07) is -0.888. The van der Waals surface area contributed by atoms with E-state index < -0.39 is 49.5 Å². The van der Waals surface area contributed by atoms with Crippen molar-refractivity contribution in [2.75, 3.05) is 13.2 Å². The van der Waals surface area contributed by atoms with Crippen LogP contribution in [0, 0.1) is 0 Å². The Bertz CT molecular complexity index is 1240. The predicted octanol–water partition coefficient (Wildman–Crippen LogP) is 9.72. The van der Waals surface area contributed by atoms with Crippen molar-refractivity contribution in [1.29, 1.82) is 0 Å². The smallest absolute Gasteiger partial charge is 0.224 e. The highest BCUT2D eigenvalue weighted by Crippen LogP contribution is 2.22. The molecular formula is C50H83NO8.